The minimum absolute atomic E-state index is 0.0241. The molecule has 0 aliphatic rings. The van der Waals surface area contributed by atoms with Crippen LogP contribution in [0.25, 0.3) is 0 Å². The molecule has 0 heterocycles. The van der Waals surface area contributed by atoms with Gasteiger partial charge in [-0.3, -0.25) is 9.59 Å². The summed E-state index contributed by atoms with van der Waals surface area (Å²) in [5.41, 5.74) is 0. The van der Waals surface area contributed by atoms with E-state index in [2.05, 4.69) is 5.32 Å². The first-order chi connectivity index (χ1) is 9.97. The molecule has 4 nitrogen and oxygen atoms in total. The molecule has 0 saturated heterocycles. The van der Waals surface area contributed by atoms with Crippen LogP contribution in [0.5, 0.6) is 0 Å². The predicted octanol–water partition coefficient (Wildman–Crippen LogP) is 3.44. The van der Waals surface area contributed by atoms with Crippen molar-refractivity contribution in [3.05, 3.63) is 29.3 Å². The van der Waals surface area contributed by atoms with Gasteiger partial charge in [0.2, 0.25) is 5.91 Å². The Kier molecular flexibility index (Phi) is 8.23. The minimum Gasteiger partial charge on any atom is -0.481 e. The molecule has 116 valence electrons. The molecule has 0 bridgehead atoms. The normalized spacial score (nSPS) is 11.9. The van der Waals surface area contributed by atoms with Gasteiger partial charge < -0.3 is 10.4 Å². The highest BCUT2D eigenvalue weighted by Gasteiger charge is 2.09. The molecule has 6 heteroatoms. The van der Waals surface area contributed by atoms with Crippen LogP contribution >= 0.6 is 23.4 Å². The van der Waals surface area contributed by atoms with E-state index in [-0.39, 0.29) is 18.2 Å². The molecular weight excluding hydrogens is 310 g/mol. The first-order valence-electron chi connectivity index (χ1n) is 6.84. The van der Waals surface area contributed by atoms with Crippen molar-refractivity contribution < 1.29 is 14.7 Å². The van der Waals surface area contributed by atoms with Crippen LogP contribution in [-0.2, 0) is 9.59 Å². The van der Waals surface area contributed by atoms with Crippen LogP contribution in [0.15, 0.2) is 29.2 Å². The average Bonchev–Trinajstić information content (AvgIpc) is 2.42. The average molecular weight is 330 g/mol. The Bertz CT molecular complexity index is 464. The zero-order valence-corrected chi connectivity index (χ0v) is 13.5. The van der Waals surface area contributed by atoms with Crippen LogP contribution in [0.3, 0.4) is 0 Å². The maximum Gasteiger partial charge on any atom is 0.303 e. The number of hydrogen-bond acceptors (Lipinski definition) is 3. The molecule has 1 aromatic carbocycles. The number of amides is 1. The van der Waals surface area contributed by atoms with Crippen molar-refractivity contribution in [2.24, 2.45) is 5.92 Å². The number of nitrogens with one attached hydrogen (secondary N) is 1. The maximum atomic E-state index is 11.6. The molecular formula is C15H20ClNO3S. The van der Waals surface area contributed by atoms with Crippen molar-refractivity contribution in [2.45, 2.75) is 31.1 Å². The highest BCUT2D eigenvalue weighted by Crippen LogP contribution is 2.21. The highest BCUT2D eigenvalue weighted by atomic mass is 35.5. The SMILES string of the molecule is CC(CNC(=O)CCCSc1ccc(Cl)cc1)CC(=O)O. The number of aliphatic carboxylic acids is 1. The molecule has 0 spiro atoms. The number of thioether (sulfide) groups is 1. The van der Waals surface area contributed by atoms with Crippen LogP contribution in [-0.4, -0.2) is 29.3 Å². The van der Waals surface area contributed by atoms with E-state index >= 15 is 0 Å². The lowest BCUT2D eigenvalue weighted by Gasteiger charge is -2.10. The largest absolute Gasteiger partial charge is 0.481 e. The van der Waals surface area contributed by atoms with Gasteiger partial charge in [0.1, 0.15) is 0 Å². The van der Waals surface area contributed by atoms with Crippen LogP contribution in [0.2, 0.25) is 5.02 Å². The molecule has 0 saturated carbocycles. The van der Waals surface area contributed by atoms with E-state index in [0.717, 1.165) is 17.1 Å². The Hall–Kier alpha value is -1.20. The van der Waals surface area contributed by atoms with Gasteiger partial charge in [-0.25, -0.2) is 0 Å². The summed E-state index contributed by atoms with van der Waals surface area (Å²) in [5, 5.41) is 12.1. The van der Waals surface area contributed by atoms with Gasteiger partial charge in [-0.2, -0.15) is 0 Å². The summed E-state index contributed by atoms with van der Waals surface area (Å²) >= 11 is 7.49. The minimum atomic E-state index is -0.837. The maximum absolute atomic E-state index is 11.6. The summed E-state index contributed by atoms with van der Waals surface area (Å²) in [4.78, 5) is 23.2. The van der Waals surface area contributed by atoms with Crippen molar-refractivity contribution in [3.63, 3.8) is 0 Å². The van der Waals surface area contributed by atoms with E-state index in [1.807, 2.05) is 31.2 Å². The molecule has 0 aromatic heterocycles. The molecule has 1 unspecified atom stereocenters. The van der Waals surface area contributed by atoms with Gasteiger partial charge in [-0.1, -0.05) is 18.5 Å². The zero-order valence-electron chi connectivity index (χ0n) is 12.0. The molecule has 1 atom stereocenters. The molecule has 0 aliphatic carbocycles. The van der Waals surface area contributed by atoms with E-state index < -0.39 is 5.97 Å². The Labute approximate surface area is 134 Å². The number of carbonyl (C=O) groups excluding carboxylic acids is 1. The summed E-state index contributed by atoms with van der Waals surface area (Å²) in [7, 11) is 0. The summed E-state index contributed by atoms with van der Waals surface area (Å²) in [6.07, 6.45) is 1.32. The van der Waals surface area contributed by atoms with E-state index in [1.54, 1.807) is 11.8 Å². The van der Waals surface area contributed by atoms with Crippen molar-refractivity contribution in [1.29, 1.82) is 0 Å². The predicted molar refractivity (Wildman–Crippen MR) is 85.8 cm³/mol. The van der Waals surface area contributed by atoms with Gasteiger partial charge in [-0.15, -0.1) is 11.8 Å². The van der Waals surface area contributed by atoms with Gasteiger partial charge in [0, 0.05) is 29.3 Å². The topological polar surface area (TPSA) is 66.4 Å². The van der Waals surface area contributed by atoms with Crippen molar-refractivity contribution in [1.82, 2.24) is 5.32 Å². The lowest BCUT2D eigenvalue weighted by Crippen LogP contribution is -2.29. The Morgan fingerprint density at radius 3 is 2.62 bits per heavy atom. The fraction of sp³-hybridized carbons (Fsp3) is 0.467. The Balaban J connectivity index is 2.10. The fourth-order valence-corrected chi connectivity index (χ4v) is 2.68. The number of carbonyl (C=O) groups is 2. The van der Waals surface area contributed by atoms with E-state index in [0.29, 0.717) is 18.0 Å². The lowest BCUT2D eigenvalue weighted by molar-refractivity contribution is -0.138. The number of carboxylic acids is 1. The first kappa shape index (κ1) is 17.9. The number of hydrogen-bond donors (Lipinski definition) is 2. The van der Waals surface area contributed by atoms with Crippen molar-refractivity contribution >= 4 is 35.2 Å². The number of benzene rings is 1. The first-order valence-corrected chi connectivity index (χ1v) is 8.20. The van der Waals surface area contributed by atoms with Crippen LogP contribution in [0.1, 0.15) is 26.2 Å². The standard InChI is InChI=1S/C15H20ClNO3S/c1-11(9-15(19)20)10-17-14(18)3-2-8-21-13-6-4-12(16)5-7-13/h4-7,11H,2-3,8-10H2,1H3,(H,17,18)(H,19,20). The van der Waals surface area contributed by atoms with Crippen molar-refractivity contribution in [2.75, 3.05) is 12.3 Å². The summed E-state index contributed by atoms with van der Waals surface area (Å²) in [5.74, 6) is -0.0466. The Morgan fingerprint density at radius 1 is 1.33 bits per heavy atom. The van der Waals surface area contributed by atoms with Gasteiger partial charge in [0.15, 0.2) is 0 Å². The molecule has 2 N–H and O–H groups in total. The van der Waals surface area contributed by atoms with Crippen LogP contribution in [0, 0.1) is 5.92 Å². The van der Waals surface area contributed by atoms with Gasteiger partial charge >= 0.3 is 5.97 Å². The summed E-state index contributed by atoms with van der Waals surface area (Å²) in [6.45, 7) is 2.22. The lowest BCUT2D eigenvalue weighted by atomic mass is 10.1. The molecule has 21 heavy (non-hydrogen) atoms. The number of halogens is 1. The molecule has 1 aromatic rings. The summed E-state index contributed by atoms with van der Waals surface area (Å²) < 4.78 is 0. The smallest absolute Gasteiger partial charge is 0.303 e. The van der Waals surface area contributed by atoms with Crippen LogP contribution < -0.4 is 5.32 Å². The van der Waals surface area contributed by atoms with E-state index in [1.165, 1.54) is 0 Å². The third-order valence-corrected chi connectivity index (χ3v) is 4.15. The third-order valence-electron chi connectivity index (χ3n) is 2.80. The highest BCUT2D eigenvalue weighted by molar-refractivity contribution is 7.99. The molecule has 0 fully saturated rings. The summed E-state index contributed by atoms with van der Waals surface area (Å²) in [6, 6.07) is 7.61. The number of carboxylic acid groups (broad SMARTS) is 1. The third kappa shape index (κ3) is 8.63. The fourth-order valence-electron chi connectivity index (χ4n) is 1.70. The monoisotopic (exact) mass is 329 g/mol. The second-order valence-corrected chi connectivity index (χ2v) is 6.52. The second-order valence-electron chi connectivity index (χ2n) is 4.91. The molecule has 0 radical (unpaired) electrons. The Morgan fingerprint density at radius 2 is 2.00 bits per heavy atom. The van der Waals surface area contributed by atoms with E-state index in [9.17, 15) is 9.59 Å². The van der Waals surface area contributed by atoms with Gasteiger partial charge in [0.25, 0.3) is 0 Å². The van der Waals surface area contributed by atoms with Gasteiger partial charge in [-0.05, 0) is 42.4 Å². The number of rotatable bonds is 9. The molecule has 1 amide bonds. The van der Waals surface area contributed by atoms with Crippen LogP contribution in [0.4, 0.5) is 0 Å². The molecule has 0 aliphatic heterocycles. The van der Waals surface area contributed by atoms with E-state index in [4.69, 9.17) is 16.7 Å². The quantitative estimate of drug-likeness (QED) is 0.538. The van der Waals surface area contributed by atoms with Gasteiger partial charge in [0.05, 0.1) is 0 Å². The molecule has 1 rings (SSSR count). The van der Waals surface area contributed by atoms with Crippen molar-refractivity contribution in [3.8, 4) is 0 Å². The second kappa shape index (κ2) is 9.68. The zero-order chi connectivity index (χ0) is 15.7.